The van der Waals surface area contributed by atoms with Crippen molar-refractivity contribution >= 4 is 43.5 Å². The minimum atomic E-state index is 0.139. The number of hydrogen-bond acceptors (Lipinski definition) is 0. The average molecular weight is 415 g/mol. The van der Waals surface area contributed by atoms with Crippen molar-refractivity contribution in [2.24, 2.45) is 0 Å². The molecule has 0 aromatic heterocycles. The predicted octanol–water partition coefficient (Wildman–Crippen LogP) is 6.47. The summed E-state index contributed by atoms with van der Waals surface area (Å²) in [6, 6.07) is 12.9. The largest absolute Gasteiger partial charge is 0.0827 e. The highest BCUT2D eigenvalue weighted by atomic mass is 79.9. The molecule has 2 aromatic rings. The molecule has 104 valence electrons. The Labute approximate surface area is 141 Å². The van der Waals surface area contributed by atoms with Gasteiger partial charge in [0.25, 0.3) is 0 Å². The van der Waals surface area contributed by atoms with Crippen LogP contribution in [-0.2, 0) is 12.8 Å². The standard InChI is InChI=1S/C17H15Br2Cl/c18-15-7-3-6-14(17(15)20)16(19)13-9-8-11-4-1-2-5-12(11)10-13/h3,6-10,16H,1-2,4-5H2. The van der Waals surface area contributed by atoms with Gasteiger partial charge in [0.05, 0.1) is 9.85 Å². The van der Waals surface area contributed by atoms with Crippen LogP contribution in [0, 0.1) is 0 Å². The second kappa shape index (κ2) is 6.21. The molecule has 0 saturated carbocycles. The van der Waals surface area contributed by atoms with Gasteiger partial charge in [0.15, 0.2) is 0 Å². The molecule has 0 aliphatic heterocycles. The van der Waals surface area contributed by atoms with E-state index in [9.17, 15) is 0 Å². The third-order valence-electron chi connectivity index (χ3n) is 3.92. The summed E-state index contributed by atoms with van der Waals surface area (Å²) in [5, 5.41) is 0.784. The Hall–Kier alpha value is -0.310. The molecule has 2 aromatic carbocycles. The van der Waals surface area contributed by atoms with Gasteiger partial charge in [0.1, 0.15) is 0 Å². The maximum Gasteiger partial charge on any atom is 0.0659 e. The first-order valence-corrected chi connectivity index (χ1v) is 8.95. The van der Waals surface area contributed by atoms with Gasteiger partial charge in [-0.1, -0.05) is 57.9 Å². The molecule has 3 heteroatoms. The average Bonchev–Trinajstić information content (AvgIpc) is 2.49. The van der Waals surface area contributed by atoms with Crippen LogP contribution in [0.15, 0.2) is 40.9 Å². The number of fused-ring (bicyclic) bond motifs is 1. The summed E-state index contributed by atoms with van der Waals surface area (Å²) in [7, 11) is 0. The van der Waals surface area contributed by atoms with Gasteiger partial charge >= 0.3 is 0 Å². The zero-order chi connectivity index (χ0) is 14.1. The van der Waals surface area contributed by atoms with E-state index in [1.54, 1.807) is 0 Å². The van der Waals surface area contributed by atoms with E-state index in [0.717, 1.165) is 15.1 Å². The highest BCUT2D eigenvalue weighted by Crippen LogP contribution is 2.39. The monoisotopic (exact) mass is 412 g/mol. The molecule has 0 bridgehead atoms. The molecule has 0 radical (unpaired) electrons. The van der Waals surface area contributed by atoms with Crippen LogP contribution in [0.1, 0.15) is 39.9 Å². The van der Waals surface area contributed by atoms with Gasteiger partial charge < -0.3 is 0 Å². The molecule has 0 heterocycles. The molecular formula is C17H15Br2Cl. The zero-order valence-corrected chi connectivity index (χ0v) is 14.9. The fraction of sp³-hybridized carbons (Fsp3) is 0.294. The first kappa shape index (κ1) is 14.6. The topological polar surface area (TPSA) is 0 Å². The molecule has 0 amide bonds. The van der Waals surface area contributed by atoms with E-state index in [-0.39, 0.29) is 4.83 Å². The normalized spacial score (nSPS) is 15.8. The number of benzene rings is 2. The van der Waals surface area contributed by atoms with E-state index in [1.165, 1.54) is 42.4 Å². The van der Waals surface area contributed by atoms with Gasteiger partial charge in [-0.05, 0) is 69.9 Å². The lowest BCUT2D eigenvalue weighted by Gasteiger charge is -2.19. The van der Waals surface area contributed by atoms with Gasteiger partial charge in [-0.25, -0.2) is 0 Å². The van der Waals surface area contributed by atoms with Crippen LogP contribution in [0.3, 0.4) is 0 Å². The maximum atomic E-state index is 6.40. The Kier molecular flexibility index (Phi) is 4.54. The molecule has 20 heavy (non-hydrogen) atoms. The Morgan fingerprint density at radius 1 is 1.00 bits per heavy atom. The number of aryl methyl sites for hydroxylation is 2. The lowest BCUT2D eigenvalue weighted by atomic mass is 9.89. The first-order chi connectivity index (χ1) is 9.66. The van der Waals surface area contributed by atoms with Crippen LogP contribution in [0.2, 0.25) is 5.02 Å². The lowest BCUT2D eigenvalue weighted by Crippen LogP contribution is -2.04. The van der Waals surface area contributed by atoms with Crippen molar-refractivity contribution in [1.29, 1.82) is 0 Å². The minimum Gasteiger partial charge on any atom is -0.0827 e. The Balaban J connectivity index is 1.98. The van der Waals surface area contributed by atoms with E-state index in [2.05, 4.69) is 56.1 Å². The van der Waals surface area contributed by atoms with Crippen molar-refractivity contribution in [2.45, 2.75) is 30.5 Å². The number of hydrogen-bond donors (Lipinski definition) is 0. The number of alkyl halides is 1. The van der Waals surface area contributed by atoms with Gasteiger partial charge in [0.2, 0.25) is 0 Å². The Bertz CT molecular complexity index is 637. The third kappa shape index (κ3) is 2.84. The van der Waals surface area contributed by atoms with E-state index in [1.807, 2.05) is 12.1 Å². The van der Waals surface area contributed by atoms with Crippen LogP contribution in [-0.4, -0.2) is 0 Å². The highest BCUT2D eigenvalue weighted by molar-refractivity contribution is 9.10. The maximum absolute atomic E-state index is 6.40. The predicted molar refractivity (Wildman–Crippen MR) is 93.0 cm³/mol. The van der Waals surface area contributed by atoms with Crippen LogP contribution >= 0.6 is 43.5 Å². The summed E-state index contributed by atoms with van der Waals surface area (Å²) < 4.78 is 0.944. The summed E-state index contributed by atoms with van der Waals surface area (Å²) in [4.78, 5) is 0.139. The van der Waals surface area contributed by atoms with Crippen LogP contribution < -0.4 is 0 Å². The third-order valence-corrected chi connectivity index (χ3v) is 6.25. The van der Waals surface area contributed by atoms with Crippen LogP contribution in [0.25, 0.3) is 0 Å². The van der Waals surface area contributed by atoms with Crippen molar-refractivity contribution in [3.8, 4) is 0 Å². The molecule has 0 N–H and O–H groups in total. The van der Waals surface area contributed by atoms with E-state index >= 15 is 0 Å². The second-order valence-corrected chi connectivity index (χ2v) is 7.39. The summed E-state index contributed by atoms with van der Waals surface area (Å²) >= 11 is 13.7. The van der Waals surface area contributed by atoms with Crippen LogP contribution in [0.5, 0.6) is 0 Å². The molecule has 0 spiro atoms. The van der Waals surface area contributed by atoms with Gasteiger partial charge in [0, 0.05) is 4.47 Å². The lowest BCUT2D eigenvalue weighted by molar-refractivity contribution is 0.684. The number of halogens is 3. The van der Waals surface area contributed by atoms with Gasteiger partial charge in [-0.3, -0.25) is 0 Å². The summed E-state index contributed by atoms with van der Waals surface area (Å²) in [5.41, 5.74) is 5.41. The van der Waals surface area contributed by atoms with E-state index < -0.39 is 0 Å². The molecule has 1 aliphatic rings. The van der Waals surface area contributed by atoms with E-state index in [0.29, 0.717) is 0 Å². The molecule has 0 saturated heterocycles. The molecule has 1 unspecified atom stereocenters. The number of rotatable bonds is 2. The van der Waals surface area contributed by atoms with E-state index in [4.69, 9.17) is 11.6 Å². The summed E-state index contributed by atoms with van der Waals surface area (Å²) in [6.07, 6.45) is 5.05. The SMILES string of the molecule is Clc1c(Br)cccc1C(Br)c1ccc2c(c1)CCCC2. The Morgan fingerprint density at radius 3 is 2.55 bits per heavy atom. The van der Waals surface area contributed by atoms with Crippen molar-refractivity contribution in [2.75, 3.05) is 0 Å². The van der Waals surface area contributed by atoms with Crippen molar-refractivity contribution in [3.05, 3.63) is 68.1 Å². The Morgan fingerprint density at radius 2 is 1.75 bits per heavy atom. The molecule has 0 nitrogen and oxygen atoms in total. The summed E-state index contributed by atoms with van der Waals surface area (Å²) in [6.45, 7) is 0. The van der Waals surface area contributed by atoms with Crippen molar-refractivity contribution in [1.82, 2.24) is 0 Å². The van der Waals surface area contributed by atoms with Gasteiger partial charge in [-0.15, -0.1) is 0 Å². The molecular weight excluding hydrogens is 399 g/mol. The van der Waals surface area contributed by atoms with Crippen molar-refractivity contribution < 1.29 is 0 Å². The quantitative estimate of drug-likeness (QED) is 0.494. The van der Waals surface area contributed by atoms with Gasteiger partial charge in [-0.2, -0.15) is 0 Å². The minimum absolute atomic E-state index is 0.139. The molecule has 0 fully saturated rings. The first-order valence-electron chi connectivity index (χ1n) is 6.86. The highest BCUT2D eigenvalue weighted by Gasteiger charge is 2.17. The molecule has 3 rings (SSSR count). The smallest absolute Gasteiger partial charge is 0.0659 e. The molecule has 1 atom stereocenters. The van der Waals surface area contributed by atoms with Crippen LogP contribution in [0.4, 0.5) is 0 Å². The second-order valence-electron chi connectivity index (χ2n) is 5.24. The summed E-state index contributed by atoms with van der Waals surface area (Å²) in [5.74, 6) is 0. The molecule has 1 aliphatic carbocycles. The van der Waals surface area contributed by atoms with Crippen molar-refractivity contribution in [3.63, 3.8) is 0 Å². The fourth-order valence-electron chi connectivity index (χ4n) is 2.81. The fourth-order valence-corrected chi connectivity index (χ4v) is 4.22. The zero-order valence-electron chi connectivity index (χ0n) is 11.0.